The van der Waals surface area contributed by atoms with Gasteiger partial charge in [-0.3, -0.25) is 0 Å². The fourth-order valence-electron chi connectivity index (χ4n) is 0.948. The molecule has 2 atom stereocenters. The zero-order valence-electron chi connectivity index (χ0n) is 10.2. The van der Waals surface area contributed by atoms with Crippen LogP contribution in [0.4, 0.5) is 0 Å². The van der Waals surface area contributed by atoms with Crippen molar-refractivity contribution in [3.8, 4) is 0 Å². The number of hydrogen-bond acceptors (Lipinski definition) is 3. The molecule has 0 aliphatic carbocycles. The van der Waals surface area contributed by atoms with Crippen molar-refractivity contribution in [2.75, 3.05) is 0 Å². The van der Waals surface area contributed by atoms with Crippen LogP contribution in [0.15, 0.2) is 24.7 Å². The molecule has 0 spiro atoms. The van der Waals surface area contributed by atoms with Crippen molar-refractivity contribution in [1.82, 2.24) is 5.32 Å². The predicted molar refractivity (Wildman–Crippen MR) is 63.1 cm³/mol. The van der Waals surface area contributed by atoms with E-state index >= 15 is 0 Å². The number of hydrogen-bond donors (Lipinski definition) is 1. The van der Waals surface area contributed by atoms with Gasteiger partial charge in [-0.2, -0.15) is 0 Å². The Bertz CT molecular complexity index is 170. The number of ether oxygens (including phenoxy) is 2. The Morgan fingerprint density at radius 1 is 0.933 bits per heavy atom. The maximum atomic E-state index is 5.36. The highest BCUT2D eigenvalue weighted by Gasteiger charge is 2.04. The van der Waals surface area contributed by atoms with Crippen LogP contribution in [0.3, 0.4) is 0 Å². The SMILES string of the molecule is CC/C=C/OC(C)NC(C)O/C=C/CC. The van der Waals surface area contributed by atoms with Gasteiger partial charge >= 0.3 is 0 Å². The average molecular weight is 213 g/mol. The molecule has 0 aromatic rings. The highest BCUT2D eigenvalue weighted by molar-refractivity contribution is 4.73. The highest BCUT2D eigenvalue weighted by Crippen LogP contribution is 1.94. The fourth-order valence-corrected chi connectivity index (χ4v) is 0.948. The Morgan fingerprint density at radius 3 is 1.67 bits per heavy atom. The summed E-state index contributed by atoms with van der Waals surface area (Å²) in [4.78, 5) is 0. The van der Waals surface area contributed by atoms with Crippen molar-refractivity contribution in [2.24, 2.45) is 0 Å². The second kappa shape index (κ2) is 9.59. The molecular weight excluding hydrogens is 190 g/mol. The van der Waals surface area contributed by atoms with E-state index in [1.165, 1.54) is 0 Å². The first-order valence-electron chi connectivity index (χ1n) is 5.57. The van der Waals surface area contributed by atoms with Gasteiger partial charge in [0, 0.05) is 0 Å². The van der Waals surface area contributed by atoms with Gasteiger partial charge in [-0.05, 0) is 26.7 Å². The molecule has 0 saturated heterocycles. The Balaban J connectivity index is 3.61. The lowest BCUT2D eigenvalue weighted by Gasteiger charge is -2.18. The maximum absolute atomic E-state index is 5.36. The second-order valence-electron chi connectivity index (χ2n) is 3.28. The molecule has 0 heterocycles. The molecule has 2 unspecified atom stereocenters. The standard InChI is InChI=1S/C12H23NO2/c1-5-7-9-14-11(3)13-12(4)15-10-8-6-2/h7-13H,5-6H2,1-4H3/b9-7+,10-8+. The Hall–Kier alpha value is -0.960. The fraction of sp³-hybridized carbons (Fsp3) is 0.667. The summed E-state index contributed by atoms with van der Waals surface area (Å²) in [6.45, 7) is 8.03. The Kier molecular flexibility index (Phi) is 8.98. The normalized spacial score (nSPS) is 15.7. The topological polar surface area (TPSA) is 30.5 Å². The van der Waals surface area contributed by atoms with Crippen molar-refractivity contribution in [2.45, 2.75) is 53.0 Å². The Labute approximate surface area is 93.2 Å². The van der Waals surface area contributed by atoms with Gasteiger partial charge in [0.25, 0.3) is 0 Å². The van der Waals surface area contributed by atoms with Crippen LogP contribution in [0, 0.1) is 0 Å². The van der Waals surface area contributed by atoms with Gasteiger partial charge in [0.1, 0.15) is 12.5 Å². The third kappa shape index (κ3) is 9.35. The molecule has 1 N–H and O–H groups in total. The van der Waals surface area contributed by atoms with Crippen LogP contribution >= 0.6 is 0 Å². The summed E-state index contributed by atoms with van der Waals surface area (Å²) in [6, 6.07) is 0. The minimum atomic E-state index is -0.0437. The third-order valence-electron chi connectivity index (χ3n) is 1.70. The smallest absolute Gasteiger partial charge is 0.149 e. The van der Waals surface area contributed by atoms with E-state index < -0.39 is 0 Å². The molecule has 0 amide bonds. The van der Waals surface area contributed by atoms with E-state index in [1.807, 2.05) is 26.0 Å². The lowest BCUT2D eigenvalue weighted by molar-refractivity contribution is 0.0414. The van der Waals surface area contributed by atoms with Gasteiger partial charge in [-0.15, -0.1) is 0 Å². The summed E-state index contributed by atoms with van der Waals surface area (Å²) in [5.41, 5.74) is 0. The highest BCUT2D eigenvalue weighted by atomic mass is 16.5. The van der Waals surface area contributed by atoms with E-state index in [0.717, 1.165) is 12.8 Å². The molecule has 0 aliphatic heterocycles. The quantitative estimate of drug-likeness (QED) is 0.496. The number of allylic oxidation sites excluding steroid dienone is 2. The van der Waals surface area contributed by atoms with Gasteiger partial charge in [0.15, 0.2) is 0 Å². The van der Waals surface area contributed by atoms with Crippen molar-refractivity contribution < 1.29 is 9.47 Å². The lowest BCUT2D eigenvalue weighted by atomic mass is 10.5. The van der Waals surface area contributed by atoms with Crippen molar-refractivity contribution in [3.05, 3.63) is 24.7 Å². The van der Waals surface area contributed by atoms with E-state index in [-0.39, 0.29) is 12.5 Å². The molecule has 0 fully saturated rings. The van der Waals surface area contributed by atoms with Crippen LogP contribution in [-0.2, 0) is 9.47 Å². The number of nitrogens with one attached hydrogen (secondary N) is 1. The van der Waals surface area contributed by atoms with Gasteiger partial charge in [-0.25, -0.2) is 5.32 Å². The van der Waals surface area contributed by atoms with Gasteiger partial charge in [-0.1, -0.05) is 26.0 Å². The zero-order chi connectivity index (χ0) is 11.5. The predicted octanol–water partition coefficient (Wildman–Crippen LogP) is 3.15. The van der Waals surface area contributed by atoms with Crippen molar-refractivity contribution in [1.29, 1.82) is 0 Å². The molecule has 88 valence electrons. The monoisotopic (exact) mass is 213 g/mol. The zero-order valence-corrected chi connectivity index (χ0v) is 10.2. The Morgan fingerprint density at radius 2 is 1.33 bits per heavy atom. The minimum absolute atomic E-state index is 0.0437. The molecule has 0 aromatic carbocycles. The van der Waals surface area contributed by atoms with E-state index in [0.29, 0.717) is 0 Å². The lowest BCUT2D eigenvalue weighted by Crippen LogP contribution is -2.36. The molecule has 0 saturated carbocycles. The minimum Gasteiger partial charge on any atom is -0.483 e. The van der Waals surface area contributed by atoms with Gasteiger partial charge in [0.2, 0.25) is 0 Å². The van der Waals surface area contributed by atoms with Gasteiger partial charge in [0.05, 0.1) is 12.5 Å². The molecule has 0 rings (SSSR count). The maximum Gasteiger partial charge on any atom is 0.149 e. The van der Waals surface area contributed by atoms with Crippen LogP contribution < -0.4 is 5.32 Å². The van der Waals surface area contributed by atoms with Crippen LogP contribution in [-0.4, -0.2) is 12.5 Å². The summed E-state index contributed by atoms with van der Waals surface area (Å²) in [7, 11) is 0. The first kappa shape index (κ1) is 14.0. The van der Waals surface area contributed by atoms with E-state index in [4.69, 9.17) is 9.47 Å². The summed E-state index contributed by atoms with van der Waals surface area (Å²) < 4.78 is 10.7. The molecule has 3 nitrogen and oxygen atoms in total. The van der Waals surface area contributed by atoms with E-state index in [1.54, 1.807) is 12.5 Å². The van der Waals surface area contributed by atoms with Gasteiger partial charge < -0.3 is 9.47 Å². The molecule has 0 bridgehead atoms. The molecule has 3 heteroatoms. The van der Waals surface area contributed by atoms with Crippen LogP contribution in [0.25, 0.3) is 0 Å². The number of rotatable bonds is 8. The average Bonchev–Trinajstić information content (AvgIpc) is 2.18. The second-order valence-corrected chi connectivity index (χ2v) is 3.28. The summed E-state index contributed by atoms with van der Waals surface area (Å²) in [5.74, 6) is 0. The van der Waals surface area contributed by atoms with E-state index in [2.05, 4.69) is 19.2 Å². The summed E-state index contributed by atoms with van der Waals surface area (Å²) in [6.07, 6.45) is 9.26. The first-order valence-corrected chi connectivity index (χ1v) is 5.57. The van der Waals surface area contributed by atoms with E-state index in [9.17, 15) is 0 Å². The largest absolute Gasteiger partial charge is 0.483 e. The van der Waals surface area contributed by atoms with Crippen LogP contribution in [0.1, 0.15) is 40.5 Å². The van der Waals surface area contributed by atoms with Crippen LogP contribution in [0.2, 0.25) is 0 Å². The van der Waals surface area contributed by atoms with Crippen LogP contribution in [0.5, 0.6) is 0 Å². The summed E-state index contributed by atoms with van der Waals surface area (Å²) >= 11 is 0. The molecule has 0 radical (unpaired) electrons. The van der Waals surface area contributed by atoms with Crippen molar-refractivity contribution >= 4 is 0 Å². The molecule has 15 heavy (non-hydrogen) atoms. The van der Waals surface area contributed by atoms with Crippen molar-refractivity contribution in [3.63, 3.8) is 0 Å². The third-order valence-corrected chi connectivity index (χ3v) is 1.70. The molecule has 0 aliphatic rings. The molecular formula is C12H23NO2. The molecule has 0 aromatic heterocycles. The summed E-state index contributed by atoms with van der Waals surface area (Å²) in [5, 5.41) is 3.15. The first-order chi connectivity index (χ1) is 7.20.